The van der Waals surface area contributed by atoms with Crippen LogP contribution in [0.25, 0.3) is 0 Å². The van der Waals surface area contributed by atoms with Gasteiger partial charge in [0.05, 0.1) is 6.61 Å². The van der Waals surface area contributed by atoms with Crippen LogP contribution in [0.1, 0.15) is 18.1 Å². The van der Waals surface area contributed by atoms with Crippen LogP contribution in [0.15, 0.2) is 42.5 Å². The monoisotopic (exact) mass is 565 g/mol. The topological polar surface area (TPSA) is 9.23 Å². The van der Waals surface area contributed by atoms with E-state index in [9.17, 15) is 0 Å². The third-order valence-electron chi connectivity index (χ3n) is 2.52. The normalized spacial score (nSPS) is 8.68. The maximum absolute atomic E-state index is 6.11. The third-order valence-corrected chi connectivity index (χ3v) is 2.89. The molecule has 0 fully saturated rings. The standard InChI is InChI=1S/C15H14ClO.ClH.2HI.Li.Mg/c1-2-17-14-9-7-12(8-10-14)11-13-5-3-4-6-15(13)16;;;;;/h4-10H,2,11H2,1H3;3*1H;;/q;;;;+1;+2/p-3. The average Bonchev–Trinajstić information content (AvgIpc) is 2.54. The Labute approximate surface area is 181 Å². The zero-order valence-electron chi connectivity index (χ0n) is 12.6. The first kappa shape index (κ1) is 23.6. The number of hydrogen-bond acceptors (Lipinski definition) is 1. The van der Waals surface area contributed by atoms with Crippen molar-refractivity contribution < 1.29 is 4.74 Å². The Balaban J connectivity index is 0.000000789. The number of ether oxygens (including phenoxy) is 1. The molecular formula is C15H14Cl2I2LiMgO. The van der Waals surface area contributed by atoms with Gasteiger partial charge < -0.3 is 4.74 Å². The summed E-state index contributed by atoms with van der Waals surface area (Å²) in [6.45, 7) is 2.67. The molecule has 0 spiro atoms. The van der Waals surface area contributed by atoms with E-state index in [-0.39, 0.29) is 0 Å². The van der Waals surface area contributed by atoms with Crippen molar-refractivity contribution in [3.63, 3.8) is 0 Å². The van der Waals surface area contributed by atoms with Gasteiger partial charge >= 0.3 is 39.1 Å². The molecule has 1 nitrogen and oxygen atoms in total. The first-order valence-electron chi connectivity index (χ1n) is 6.57. The van der Waals surface area contributed by atoms with Crippen LogP contribution in [-0.2, 0) is 6.42 Å². The Morgan fingerprint density at radius 1 is 1.18 bits per heavy atom. The molecule has 0 aliphatic heterocycles. The van der Waals surface area contributed by atoms with Crippen LogP contribution in [-0.4, -0.2) is 35.9 Å². The Bertz CT molecular complexity index is 515. The molecule has 2 rings (SSSR count). The minimum atomic E-state index is 0.357. The molecule has 0 aliphatic carbocycles. The molecule has 0 unspecified atom stereocenters. The molecule has 2 aromatic rings. The first-order chi connectivity index (χ1) is 10.7. The van der Waals surface area contributed by atoms with Gasteiger partial charge in [0.2, 0.25) is 0 Å². The van der Waals surface area contributed by atoms with Crippen molar-refractivity contribution in [2.45, 2.75) is 13.3 Å². The van der Waals surface area contributed by atoms with Crippen molar-refractivity contribution in [1.29, 1.82) is 0 Å². The van der Waals surface area contributed by atoms with Gasteiger partial charge in [-0.05, 0) is 54.8 Å². The summed E-state index contributed by atoms with van der Waals surface area (Å²) >= 11 is 12.8. The maximum atomic E-state index is 6.11. The van der Waals surface area contributed by atoms with Crippen molar-refractivity contribution in [3.05, 3.63) is 64.7 Å². The van der Waals surface area contributed by atoms with Crippen LogP contribution >= 0.6 is 59.1 Å². The Kier molecular flexibility index (Phi) is 17.3. The number of halogens is 4. The van der Waals surface area contributed by atoms with E-state index < -0.39 is 0 Å². The van der Waals surface area contributed by atoms with Gasteiger partial charge in [0.1, 0.15) is 5.75 Å². The summed E-state index contributed by atoms with van der Waals surface area (Å²) in [6, 6.07) is 16.8. The van der Waals surface area contributed by atoms with Crippen LogP contribution in [0.2, 0.25) is 5.02 Å². The molecule has 0 N–H and O–H groups in total. The van der Waals surface area contributed by atoms with Gasteiger partial charge in [0.15, 0.2) is 0 Å². The molecule has 2 aromatic carbocycles. The number of hydrogen-bond donors (Lipinski definition) is 0. The molecule has 0 saturated carbocycles. The van der Waals surface area contributed by atoms with Gasteiger partial charge in [0, 0.05) is 5.02 Å². The van der Waals surface area contributed by atoms with Crippen LogP contribution in [0.4, 0.5) is 0 Å². The van der Waals surface area contributed by atoms with E-state index in [4.69, 9.17) is 16.3 Å². The molecule has 0 atom stereocenters. The minimum absolute atomic E-state index is 0.357. The fourth-order valence-electron chi connectivity index (χ4n) is 1.67. The predicted molar refractivity (Wildman–Crippen MR) is 116 cm³/mol. The van der Waals surface area contributed by atoms with Crippen molar-refractivity contribution >= 4 is 88.4 Å². The third kappa shape index (κ3) is 10.5. The van der Waals surface area contributed by atoms with Gasteiger partial charge in [-0.25, -0.2) is 0 Å². The van der Waals surface area contributed by atoms with Gasteiger partial charge in [-0.15, -0.1) is 0 Å². The van der Waals surface area contributed by atoms with E-state index in [2.05, 4.69) is 65.7 Å². The SMILES string of the molecule is CCOc1ccc(Cc2c[c]ccc2Cl)cc1.[I][Mg][I].[Li][Cl]. The van der Waals surface area contributed by atoms with E-state index >= 15 is 0 Å². The summed E-state index contributed by atoms with van der Waals surface area (Å²) in [5.74, 6) is 0.905. The summed E-state index contributed by atoms with van der Waals surface area (Å²) < 4.78 is 5.40. The fraction of sp³-hybridized carbons (Fsp3) is 0.200. The molecule has 0 aromatic heterocycles. The molecule has 0 aliphatic rings. The molecule has 22 heavy (non-hydrogen) atoms. The van der Waals surface area contributed by atoms with Crippen molar-refractivity contribution in [2.75, 3.05) is 6.61 Å². The molecule has 111 valence electrons. The van der Waals surface area contributed by atoms with E-state index in [0.29, 0.717) is 19.2 Å². The Hall–Kier alpha value is 1.64. The second-order valence-electron chi connectivity index (χ2n) is 3.87. The van der Waals surface area contributed by atoms with Crippen LogP contribution in [0, 0.1) is 6.07 Å². The Morgan fingerprint density at radius 2 is 1.77 bits per heavy atom. The van der Waals surface area contributed by atoms with Gasteiger partial charge in [-0.3, -0.25) is 37.7 Å². The van der Waals surface area contributed by atoms with Crippen molar-refractivity contribution in [1.82, 2.24) is 0 Å². The first-order valence-corrected chi connectivity index (χ1v) is 17.9. The van der Waals surface area contributed by atoms with Crippen LogP contribution in [0.5, 0.6) is 5.75 Å². The van der Waals surface area contributed by atoms with E-state index in [1.54, 1.807) is 0 Å². The van der Waals surface area contributed by atoms with Crippen molar-refractivity contribution in [3.8, 4) is 5.75 Å². The van der Waals surface area contributed by atoms with Crippen LogP contribution < -0.4 is 4.74 Å². The second-order valence-corrected chi connectivity index (χ2v) is 17.8. The summed E-state index contributed by atoms with van der Waals surface area (Å²) in [7, 11) is 4.64. The predicted octanol–water partition coefficient (Wildman–Crippen LogP) is 5.83. The summed E-state index contributed by atoms with van der Waals surface area (Å²) in [5, 5.41) is 0.789. The molecule has 0 bridgehead atoms. The summed E-state index contributed by atoms with van der Waals surface area (Å²) in [5.41, 5.74) is 2.31. The fourth-order valence-corrected chi connectivity index (χ4v) is 1.86. The van der Waals surface area contributed by atoms with Gasteiger partial charge in [0.25, 0.3) is 0 Å². The summed E-state index contributed by atoms with van der Waals surface area (Å²) in [4.78, 5) is 0. The van der Waals surface area contributed by atoms with Gasteiger partial charge in [-0.2, -0.15) is 0 Å². The number of benzene rings is 2. The quantitative estimate of drug-likeness (QED) is 0.335. The zero-order chi connectivity index (χ0) is 16.8. The number of rotatable bonds is 4. The molecule has 0 amide bonds. The molecule has 7 heteroatoms. The van der Waals surface area contributed by atoms with Crippen molar-refractivity contribution in [2.24, 2.45) is 0 Å². The molecule has 0 heterocycles. The van der Waals surface area contributed by atoms with Gasteiger partial charge in [-0.1, -0.05) is 29.8 Å². The Morgan fingerprint density at radius 3 is 2.27 bits per heavy atom. The molecule has 1 radical (unpaired) electrons. The summed E-state index contributed by atoms with van der Waals surface area (Å²) in [6.07, 6.45) is 0.822. The molecule has 0 saturated heterocycles. The zero-order valence-corrected chi connectivity index (χ0v) is 19.8. The molecular weight excluding hydrogens is 552 g/mol. The van der Waals surface area contributed by atoms with E-state index in [0.717, 1.165) is 22.8 Å². The average molecular weight is 566 g/mol. The van der Waals surface area contributed by atoms with E-state index in [1.165, 1.54) is 22.3 Å². The van der Waals surface area contributed by atoms with E-state index in [1.807, 2.05) is 37.3 Å². The second kappa shape index (κ2) is 16.1. The van der Waals surface area contributed by atoms with Crippen LogP contribution in [0.3, 0.4) is 0 Å².